The van der Waals surface area contributed by atoms with Crippen molar-refractivity contribution >= 4 is 15.7 Å². The lowest BCUT2D eigenvalue weighted by Crippen LogP contribution is -2.68. The van der Waals surface area contributed by atoms with E-state index in [0.717, 1.165) is 38.9 Å². The van der Waals surface area contributed by atoms with Gasteiger partial charge in [-0.15, -0.1) is 0 Å². The number of hydrogen-bond donors (Lipinski definition) is 0. The van der Waals surface area contributed by atoms with Crippen LogP contribution in [0.25, 0.3) is 0 Å². The maximum Gasteiger partial charge on any atom is 0.231 e. The van der Waals surface area contributed by atoms with Gasteiger partial charge in [0, 0.05) is 31.9 Å². The van der Waals surface area contributed by atoms with Crippen molar-refractivity contribution in [2.75, 3.05) is 38.2 Å². The molecule has 20 heavy (non-hydrogen) atoms. The average Bonchev–Trinajstić information content (AvgIpc) is 2.41. The lowest BCUT2D eigenvalue weighted by Gasteiger charge is -2.54. The van der Waals surface area contributed by atoms with Crippen LogP contribution >= 0.6 is 0 Å². The molecule has 0 bridgehead atoms. The van der Waals surface area contributed by atoms with Gasteiger partial charge in [0.15, 0.2) is 0 Å². The van der Waals surface area contributed by atoms with Gasteiger partial charge in [-0.2, -0.15) is 0 Å². The predicted molar refractivity (Wildman–Crippen MR) is 79.3 cm³/mol. The molecule has 2 heterocycles. The Bertz CT molecular complexity index is 477. The van der Waals surface area contributed by atoms with Crippen LogP contribution in [0.4, 0.5) is 0 Å². The third kappa shape index (κ3) is 3.17. The Morgan fingerprint density at radius 3 is 2.60 bits per heavy atom. The number of hydrogen-bond acceptors (Lipinski definition) is 4. The molecule has 2 atom stereocenters. The van der Waals surface area contributed by atoms with Gasteiger partial charge in [0.1, 0.15) is 9.84 Å². The Balaban J connectivity index is 1.93. The summed E-state index contributed by atoms with van der Waals surface area (Å²) < 4.78 is 22.4. The van der Waals surface area contributed by atoms with Crippen LogP contribution in [0.3, 0.4) is 0 Å². The van der Waals surface area contributed by atoms with Crippen molar-refractivity contribution in [1.29, 1.82) is 0 Å². The van der Waals surface area contributed by atoms with Crippen LogP contribution < -0.4 is 0 Å². The predicted octanol–water partition coefficient (Wildman–Crippen LogP) is 0.754. The fourth-order valence-corrected chi connectivity index (χ4v) is 3.86. The number of sulfone groups is 1. The average molecular weight is 302 g/mol. The Kier molecular flexibility index (Phi) is 4.44. The topological polar surface area (TPSA) is 57.7 Å². The van der Waals surface area contributed by atoms with E-state index in [1.165, 1.54) is 6.26 Å². The summed E-state index contributed by atoms with van der Waals surface area (Å²) in [6.07, 6.45) is 4.34. The zero-order valence-electron chi connectivity index (χ0n) is 12.8. The second-order valence-electron chi connectivity index (χ2n) is 6.47. The third-order valence-corrected chi connectivity index (χ3v) is 5.71. The molecule has 2 aliphatic heterocycles. The number of carbonyl (C=O) groups excluding carboxylic acids is 1. The minimum absolute atomic E-state index is 0.0733. The highest BCUT2D eigenvalue weighted by Gasteiger charge is 2.53. The first-order valence-corrected chi connectivity index (χ1v) is 9.54. The molecule has 0 unspecified atom stereocenters. The molecule has 1 spiro atoms. The fourth-order valence-electron chi connectivity index (χ4n) is 3.31. The molecule has 0 N–H and O–H groups in total. The van der Waals surface area contributed by atoms with Gasteiger partial charge in [-0.05, 0) is 32.7 Å². The number of piperidine rings is 1. The normalized spacial score (nSPS) is 29.6. The van der Waals surface area contributed by atoms with E-state index in [0.29, 0.717) is 12.6 Å². The van der Waals surface area contributed by atoms with Gasteiger partial charge in [-0.1, -0.05) is 6.92 Å². The molecule has 6 heteroatoms. The van der Waals surface area contributed by atoms with E-state index < -0.39 is 9.84 Å². The van der Waals surface area contributed by atoms with E-state index in [-0.39, 0.29) is 17.1 Å². The standard InChI is InChI=1S/C14H26N2O3S/c1-4-12(2)15-7-5-6-14(10-15)11-16(13(14)17)8-9-20(3,18)19/h12H,4-11H2,1-3H3/t12-,14+/m1/s1. The summed E-state index contributed by atoms with van der Waals surface area (Å²) in [7, 11) is -2.99. The highest BCUT2D eigenvalue weighted by atomic mass is 32.2. The number of rotatable bonds is 5. The molecule has 0 radical (unpaired) electrons. The first-order valence-electron chi connectivity index (χ1n) is 7.48. The molecule has 0 aromatic heterocycles. The van der Waals surface area contributed by atoms with E-state index in [1.807, 2.05) is 0 Å². The summed E-state index contributed by atoms with van der Waals surface area (Å²) in [5, 5.41) is 0. The van der Waals surface area contributed by atoms with E-state index in [2.05, 4.69) is 18.7 Å². The molecule has 116 valence electrons. The quantitative estimate of drug-likeness (QED) is 0.703. The van der Waals surface area contributed by atoms with Crippen LogP contribution in [0.1, 0.15) is 33.1 Å². The van der Waals surface area contributed by atoms with Crippen LogP contribution in [0.15, 0.2) is 0 Å². The van der Waals surface area contributed by atoms with Crippen LogP contribution in [-0.2, 0) is 14.6 Å². The molecule has 0 saturated carbocycles. The molecule has 2 rings (SSSR count). The van der Waals surface area contributed by atoms with E-state index in [1.54, 1.807) is 4.90 Å². The highest BCUT2D eigenvalue weighted by Crippen LogP contribution is 2.40. The van der Waals surface area contributed by atoms with Gasteiger partial charge in [-0.3, -0.25) is 9.69 Å². The van der Waals surface area contributed by atoms with Crippen molar-refractivity contribution in [3.8, 4) is 0 Å². The first kappa shape index (κ1) is 15.8. The van der Waals surface area contributed by atoms with Crippen LogP contribution in [0, 0.1) is 5.41 Å². The largest absolute Gasteiger partial charge is 0.340 e. The number of β-lactam (4-membered cyclic amide) rings is 1. The zero-order chi connectivity index (χ0) is 15.0. The van der Waals surface area contributed by atoms with Gasteiger partial charge in [0.05, 0.1) is 11.2 Å². The number of nitrogens with zero attached hydrogens (tertiary/aromatic N) is 2. The van der Waals surface area contributed by atoms with Gasteiger partial charge in [-0.25, -0.2) is 8.42 Å². The Morgan fingerprint density at radius 2 is 2.05 bits per heavy atom. The second kappa shape index (κ2) is 5.64. The lowest BCUT2D eigenvalue weighted by atomic mass is 9.72. The van der Waals surface area contributed by atoms with Gasteiger partial charge < -0.3 is 4.90 Å². The Morgan fingerprint density at radius 1 is 1.35 bits per heavy atom. The molecule has 5 nitrogen and oxygen atoms in total. The Labute approximate surface area is 122 Å². The molecule has 1 amide bonds. The minimum Gasteiger partial charge on any atom is -0.340 e. The molecule has 2 saturated heterocycles. The molecule has 0 aliphatic carbocycles. The SMILES string of the molecule is CC[C@@H](C)N1CCC[C@@]2(CN(CCS(C)(=O)=O)C2=O)C1. The van der Waals surface area contributed by atoms with Gasteiger partial charge in [0.25, 0.3) is 0 Å². The molecule has 0 aromatic rings. The van der Waals surface area contributed by atoms with Crippen molar-refractivity contribution in [1.82, 2.24) is 9.80 Å². The zero-order valence-corrected chi connectivity index (χ0v) is 13.6. The third-order valence-electron chi connectivity index (χ3n) is 4.79. The Hall–Kier alpha value is -0.620. The van der Waals surface area contributed by atoms with E-state index >= 15 is 0 Å². The van der Waals surface area contributed by atoms with Crippen molar-refractivity contribution < 1.29 is 13.2 Å². The summed E-state index contributed by atoms with van der Waals surface area (Å²) in [5.41, 5.74) is -0.223. The molecule has 2 fully saturated rings. The summed E-state index contributed by atoms with van der Waals surface area (Å²) >= 11 is 0. The first-order chi connectivity index (χ1) is 9.27. The highest BCUT2D eigenvalue weighted by molar-refractivity contribution is 7.90. The second-order valence-corrected chi connectivity index (χ2v) is 8.73. The minimum atomic E-state index is -2.99. The van der Waals surface area contributed by atoms with Gasteiger partial charge in [0.2, 0.25) is 5.91 Å². The van der Waals surface area contributed by atoms with Crippen molar-refractivity contribution in [3.05, 3.63) is 0 Å². The number of likely N-dealkylation sites (tertiary alicyclic amines) is 2. The van der Waals surface area contributed by atoms with Crippen LogP contribution in [0.5, 0.6) is 0 Å². The molecular weight excluding hydrogens is 276 g/mol. The van der Waals surface area contributed by atoms with Crippen molar-refractivity contribution in [2.45, 2.75) is 39.2 Å². The van der Waals surface area contributed by atoms with Crippen LogP contribution in [0.2, 0.25) is 0 Å². The number of amides is 1. The summed E-state index contributed by atoms with van der Waals surface area (Å²) in [4.78, 5) is 16.5. The van der Waals surface area contributed by atoms with Crippen molar-refractivity contribution in [2.24, 2.45) is 5.41 Å². The monoisotopic (exact) mass is 302 g/mol. The van der Waals surface area contributed by atoms with Gasteiger partial charge >= 0.3 is 0 Å². The number of carbonyl (C=O) groups is 1. The molecule has 2 aliphatic rings. The lowest BCUT2D eigenvalue weighted by molar-refractivity contribution is -0.166. The van der Waals surface area contributed by atoms with E-state index in [9.17, 15) is 13.2 Å². The summed E-state index contributed by atoms with van der Waals surface area (Å²) in [6.45, 7) is 7.39. The molecular formula is C14H26N2O3S. The fraction of sp³-hybridized carbons (Fsp3) is 0.929. The maximum atomic E-state index is 12.4. The van der Waals surface area contributed by atoms with Crippen molar-refractivity contribution in [3.63, 3.8) is 0 Å². The molecule has 0 aromatic carbocycles. The summed E-state index contributed by atoms with van der Waals surface area (Å²) in [5.74, 6) is 0.235. The smallest absolute Gasteiger partial charge is 0.231 e. The van der Waals surface area contributed by atoms with Crippen LogP contribution in [-0.4, -0.2) is 68.4 Å². The summed E-state index contributed by atoms with van der Waals surface area (Å²) in [6, 6.07) is 0.519. The maximum absolute atomic E-state index is 12.4. The van der Waals surface area contributed by atoms with E-state index in [4.69, 9.17) is 0 Å².